The molecule has 1 saturated heterocycles. The molecule has 1 N–H and O–H groups in total. The third-order valence-corrected chi connectivity index (χ3v) is 6.86. The molecule has 0 saturated carbocycles. The van der Waals surface area contributed by atoms with Crippen LogP contribution < -0.4 is 5.56 Å². The van der Waals surface area contributed by atoms with Crippen molar-refractivity contribution in [3.8, 4) is 5.69 Å². The van der Waals surface area contributed by atoms with Gasteiger partial charge in [0.05, 0.1) is 23.2 Å². The SMILES string of the molecule is Cc1cccc2c(=O)[nH]c(CSc3nnc(CN4CCCCC4)n3-c3ccc(F)cc3)nc12. The largest absolute Gasteiger partial charge is 0.309 e. The number of aromatic amines is 1. The van der Waals surface area contributed by atoms with E-state index in [9.17, 15) is 9.18 Å². The van der Waals surface area contributed by atoms with Gasteiger partial charge >= 0.3 is 0 Å². The lowest BCUT2D eigenvalue weighted by molar-refractivity contribution is 0.214. The first kappa shape index (κ1) is 21.8. The Kier molecular flexibility index (Phi) is 6.24. The quantitative estimate of drug-likeness (QED) is 0.430. The van der Waals surface area contributed by atoms with Crippen molar-refractivity contribution in [1.29, 1.82) is 0 Å². The highest BCUT2D eigenvalue weighted by Crippen LogP contribution is 2.26. The number of piperidine rings is 1. The predicted molar refractivity (Wildman–Crippen MR) is 127 cm³/mol. The summed E-state index contributed by atoms with van der Waals surface area (Å²) in [5.41, 5.74) is 2.34. The molecule has 2 aromatic heterocycles. The summed E-state index contributed by atoms with van der Waals surface area (Å²) in [6.45, 7) is 4.72. The maximum Gasteiger partial charge on any atom is 0.258 e. The van der Waals surface area contributed by atoms with E-state index in [0.717, 1.165) is 30.2 Å². The van der Waals surface area contributed by atoms with Crippen LogP contribution in [0, 0.1) is 12.7 Å². The van der Waals surface area contributed by atoms with Crippen LogP contribution in [0.5, 0.6) is 0 Å². The number of benzene rings is 2. The summed E-state index contributed by atoms with van der Waals surface area (Å²) in [6.07, 6.45) is 3.64. The van der Waals surface area contributed by atoms with Crippen LogP contribution in [0.2, 0.25) is 0 Å². The summed E-state index contributed by atoms with van der Waals surface area (Å²) < 4.78 is 15.5. The molecular formula is C24H25FN6OS. The van der Waals surface area contributed by atoms with Gasteiger partial charge in [-0.15, -0.1) is 10.2 Å². The average Bonchev–Trinajstić information content (AvgIpc) is 3.22. The average molecular weight is 465 g/mol. The Labute approximate surface area is 195 Å². The van der Waals surface area contributed by atoms with E-state index < -0.39 is 0 Å². The molecule has 0 unspecified atom stereocenters. The fraction of sp³-hybridized carbons (Fsp3) is 0.333. The number of nitrogens with zero attached hydrogens (tertiary/aromatic N) is 5. The van der Waals surface area contributed by atoms with Gasteiger partial charge in [0.15, 0.2) is 11.0 Å². The number of thioether (sulfide) groups is 1. The molecule has 0 aliphatic carbocycles. The third kappa shape index (κ3) is 4.69. The van der Waals surface area contributed by atoms with Crippen molar-refractivity contribution in [2.75, 3.05) is 13.1 Å². The number of hydrogen-bond acceptors (Lipinski definition) is 6. The topological polar surface area (TPSA) is 79.7 Å². The molecule has 2 aromatic carbocycles. The first-order chi connectivity index (χ1) is 16.1. The van der Waals surface area contributed by atoms with Gasteiger partial charge < -0.3 is 4.98 Å². The molecule has 4 aromatic rings. The van der Waals surface area contributed by atoms with Crippen LogP contribution in [0.4, 0.5) is 4.39 Å². The zero-order valence-corrected chi connectivity index (χ0v) is 19.2. The van der Waals surface area contributed by atoms with Crippen molar-refractivity contribution in [2.24, 2.45) is 0 Å². The minimum atomic E-state index is -0.285. The van der Waals surface area contributed by atoms with Crippen molar-refractivity contribution < 1.29 is 4.39 Å². The molecule has 0 spiro atoms. The molecule has 0 radical (unpaired) electrons. The normalized spacial score (nSPS) is 14.7. The predicted octanol–water partition coefficient (Wildman–Crippen LogP) is 4.23. The van der Waals surface area contributed by atoms with Gasteiger partial charge in [-0.05, 0) is 68.8 Å². The number of rotatable bonds is 6. The van der Waals surface area contributed by atoms with Crippen molar-refractivity contribution >= 4 is 22.7 Å². The van der Waals surface area contributed by atoms with E-state index in [2.05, 4.69) is 25.1 Å². The van der Waals surface area contributed by atoms with E-state index in [0.29, 0.717) is 34.2 Å². The number of hydrogen-bond donors (Lipinski definition) is 1. The lowest BCUT2D eigenvalue weighted by Gasteiger charge is -2.26. The van der Waals surface area contributed by atoms with E-state index >= 15 is 0 Å². The number of likely N-dealkylation sites (tertiary alicyclic amines) is 1. The second-order valence-corrected chi connectivity index (χ2v) is 9.26. The number of aryl methyl sites for hydroxylation is 1. The first-order valence-corrected chi connectivity index (χ1v) is 12.1. The van der Waals surface area contributed by atoms with E-state index in [4.69, 9.17) is 0 Å². The van der Waals surface area contributed by atoms with Crippen LogP contribution >= 0.6 is 11.8 Å². The summed E-state index contributed by atoms with van der Waals surface area (Å²) in [5, 5.41) is 10.2. The number of aromatic nitrogens is 5. The number of halogens is 1. The Morgan fingerprint density at radius 3 is 2.64 bits per heavy atom. The van der Waals surface area contributed by atoms with Crippen LogP contribution in [-0.4, -0.2) is 42.7 Å². The Morgan fingerprint density at radius 1 is 1.06 bits per heavy atom. The standard InChI is InChI=1S/C24H25FN6OS/c1-16-6-5-7-19-22(16)26-20(27-23(19)32)15-33-24-29-28-21(14-30-12-3-2-4-13-30)31(24)18-10-8-17(25)9-11-18/h5-11H,2-4,12-15H2,1H3,(H,26,27,32). The van der Waals surface area contributed by atoms with Crippen LogP contribution in [-0.2, 0) is 12.3 Å². The highest BCUT2D eigenvalue weighted by molar-refractivity contribution is 7.98. The molecule has 1 aliphatic rings. The molecule has 170 valence electrons. The van der Waals surface area contributed by atoms with Crippen molar-refractivity contribution in [2.45, 2.75) is 43.6 Å². The van der Waals surface area contributed by atoms with Crippen molar-refractivity contribution in [3.63, 3.8) is 0 Å². The maximum absolute atomic E-state index is 13.6. The second kappa shape index (κ2) is 9.44. The number of nitrogens with one attached hydrogen (secondary N) is 1. The van der Waals surface area contributed by atoms with Crippen LogP contribution in [0.3, 0.4) is 0 Å². The summed E-state index contributed by atoms with van der Waals surface area (Å²) >= 11 is 1.45. The highest BCUT2D eigenvalue weighted by atomic mass is 32.2. The molecule has 33 heavy (non-hydrogen) atoms. The molecule has 7 nitrogen and oxygen atoms in total. The highest BCUT2D eigenvalue weighted by Gasteiger charge is 2.19. The second-order valence-electron chi connectivity index (χ2n) is 8.32. The number of para-hydroxylation sites is 1. The summed E-state index contributed by atoms with van der Waals surface area (Å²) in [5.74, 6) is 1.55. The van der Waals surface area contributed by atoms with Gasteiger partial charge in [-0.2, -0.15) is 0 Å². The van der Waals surface area contributed by atoms with Gasteiger partial charge in [0, 0.05) is 5.69 Å². The molecule has 0 bridgehead atoms. The molecule has 0 amide bonds. The molecule has 1 aliphatic heterocycles. The lowest BCUT2D eigenvalue weighted by Crippen LogP contribution is -2.30. The number of fused-ring (bicyclic) bond motifs is 1. The molecule has 9 heteroatoms. The van der Waals surface area contributed by atoms with E-state index in [1.807, 2.05) is 23.6 Å². The number of H-pyrrole nitrogens is 1. The van der Waals surface area contributed by atoms with Gasteiger partial charge in [-0.25, -0.2) is 9.37 Å². The van der Waals surface area contributed by atoms with Gasteiger partial charge in [0.2, 0.25) is 0 Å². The smallest absolute Gasteiger partial charge is 0.258 e. The fourth-order valence-electron chi connectivity index (χ4n) is 4.22. The lowest BCUT2D eigenvalue weighted by atomic mass is 10.1. The van der Waals surface area contributed by atoms with Gasteiger partial charge in [0.1, 0.15) is 11.6 Å². The molecule has 0 atom stereocenters. The Morgan fingerprint density at radius 2 is 1.85 bits per heavy atom. The van der Waals surface area contributed by atoms with Gasteiger partial charge in [0.25, 0.3) is 5.56 Å². The fourth-order valence-corrected chi connectivity index (χ4v) is 5.06. The summed E-state index contributed by atoms with van der Waals surface area (Å²) in [4.78, 5) is 22.5. The van der Waals surface area contributed by atoms with Crippen LogP contribution in [0.25, 0.3) is 16.6 Å². The van der Waals surface area contributed by atoms with Gasteiger partial charge in [-0.1, -0.05) is 30.3 Å². The van der Waals surface area contributed by atoms with Gasteiger partial charge in [-0.3, -0.25) is 14.3 Å². The summed E-state index contributed by atoms with van der Waals surface area (Å²) in [7, 11) is 0. The summed E-state index contributed by atoms with van der Waals surface area (Å²) in [6, 6.07) is 12.0. The van der Waals surface area contributed by atoms with Crippen LogP contribution in [0.15, 0.2) is 52.4 Å². The molecule has 3 heterocycles. The Bertz CT molecular complexity index is 1330. The van der Waals surface area contributed by atoms with Crippen molar-refractivity contribution in [3.05, 3.63) is 75.8 Å². The zero-order chi connectivity index (χ0) is 22.8. The zero-order valence-electron chi connectivity index (χ0n) is 18.4. The Hall–Kier alpha value is -3.04. The van der Waals surface area contributed by atoms with Crippen LogP contribution in [0.1, 0.15) is 36.5 Å². The minimum Gasteiger partial charge on any atom is -0.309 e. The molecule has 5 rings (SSSR count). The minimum absolute atomic E-state index is 0.148. The van der Waals surface area contributed by atoms with Crippen molar-refractivity contribution in [1.82, 2.24) is 29.6 Å². The molecule has 1 fully saturated rings. The van der Waals surface area contributed by atoms with E-state index in [1.54, 1.807) is 18.2 Å². The maximum atomic E-state index is 13.6. The van der Waals surface area contributed by atoms with E-state index in [1.165, 1.54) is 43.2 Å². The van der Waals surface area contributed by atoms with E-state index in [-0.39, 0.29) is 11.4 Å². The monoisotopic (exact) mass is 464 g/mol. The first-order valence-electron chi connectivity index (χ1n) is 11.1. The third-order valence-electron chi connectivity index (χ3n) is 5.92. The molecular weight excluding hydrogens is 439 g/mol. The Balaban J connectivity index is 1.45.